The second-order valence-electron chi connectivity index (χ2n) is 8.34. The number of halogens is 2. The van der Waals surface area contributed by atoms with Gasteiger partial charge < -0.3 is 9.80 Å². The van der Waals surface area contributed by atoms with Crippen LogP contribution in [0.2, 0.25) is 10.0 Å². The first kappa shape index (κ1) is 23.4. The van der Waals surface area contributed by atoms with Crippen molar-refractivity contribution in [3.8, 4) is 0 Å². The zero-order valence-corrected chi connectivity index (χ0v) is 20.1. The van der Waals surface area contributed by atoms with Crippen molar-refractivity contribution in [2.75, 3.05) is 44.2 Å². The van der Waals surface area contributed by atoms with E-state index in [1.165, 1.54) is 4.31 Å². The summed E-state index contributed by atoms with van der Waals surface area (Å²) in [4.78, 5) is 17.3. The van der Waals surface area contributed by atoms with E-state index in [-0.39, 0.29) is 24.1 Å². The topological polar surface area (TPSA) is 60.9 Å². The first-order valence-corrected chi connectivity index (χ1v) is 13.2. The maximum absolute atomic E-state index is 13.2. The SMILES string of the molecule is O=C(C1CCCN(S(=O)(=O)Cc2ccc(Cl)cc2Cl)C1)N1CCN(c2ccccc2)CC1. The van der Waals surface area contributed by atoms with Crippen LogP contribution in [0.3, 0.4) is 0 Å². The van der Waals surface area contributed by atoms with Crippen molar-refractivity contribution in [3.63, 3.8) is 0 Å². The highest BCUT2D eigenvalue weighted by atomic mass is 35.5. The molecule has 2 fully saturated rings. The minimum Gasteiger partial charge on any atom is -0.368 e. The number of sulfonamides is 1. The van der Waals surface area contributed by atoms with Gasteiger partial charge in [-0.25, -0.2) is 12.7 Å². The minimum absolute atomic E-state index is 0.0575. The van der Waals surface area contributed by atoms with Gasteiger partial charge in [0.1, 0.15) is 0 Å². The maximum atomic E-state index is 13.2. The van der Waals surface area contributed by atoms with Crippen LogP contribution in [0.1, 0.15) is 18.4 Å². The molecule has 1 unspecified atom stereocenters. The van der Waals surface area contributed by atoms with Crippen molar-refractivity contribution in [2.45, 2.75) is 18.6 Å². The summed E-state index contributed by atoms with van der Waals surface area (Å²) in [7, 11) is -3.59. The second-order valence-corrected chi connectivity index (χ2v) is 11.1. The third-order valence-corrected chi connectivity index (χ3v) is 8.57. The van der Waals surface area contributed by atoms with Crippen molar-refractivity contribution >= 4 is 44.8 Å². The first-order valence-electron chi connectivity index (χ1n) is 10.8. The van der Waals surface area contributed by atoms with Gasteiger partial charge in [0.05, 0.1) is 11.7 Å². The molecule has 2 aliphatic heterocycles. The summed E-state index contributed by atoms with van der Waals surface area (Å²) < 4.78 is 27.5. The number of nitrogens with zero attached hydrogens (tertiary/aromatic N) is 3. The predicted molar refractivity (Wildman–Crippen MR) is 129 cm³/mol. The number of piperidine rings is 1. The molecule has 0 radical (unpaired) electrons. The zero-order chi connectivity index (χ0) is 22.7. The molecule has 0 saturated carbocycles. The summed E-state index contributed by atoms with van der Waals surface area (Å²) in [5.74, 6) is -0.440. The van der Waals surface area contributed by atoms with E-state index in [0.717, 1.165) is 18.8 Å². The molecular formula is C23H27Cl2N3O3S. The molecule has 172 valence electrons. The molecule has 0 aromatic heterocycles. The van der Waals surface area contributed by atoms with E-state index in [2.05, 4.69) is 17.0 Å². The quantitative estimate of drug-likeness (QED) is 0.631. The molecule has 0 aliphatic carbocycles. The number of para-hydroxylation sites is 1. The van der Waals surface area contributed by atoms with Gasteiger partial charge in [-0.2, -0.15) is 0 Å². The Morgan fingerprint density at radius 1 is 0.969 bits per heavy atom. The summed E-state index contributed by atoms with van der Waals surface area (Å²) in [5.41, 5.74) is 1.68. The van der Waals surface area contributed by atoms with Crippen LogP contribution in [-0.4, -0.2) is 62.8 Å². The van der Waals surface area contributed by atoms with Crippen LogP contribution in [0.15, 0.2) is 48.5 Å². The lowest BCUT2D eigenvalue weighted by Crippen LogP contribution is -2.53. The van der Waals surface area contributed by atoms with Crippen LogP contribution in [0.5, 0.6) is 0 Å². The van der Waals surface area contributed by atoms with Crippen molar-refractivity contribution in [1.29, 1.82) is 0 Å². The molecule has 0 N–H and O–H groups in total. The van der Waals surface area contributed by atoms with Crippen LogP contribution in [-0.2, 0) is 20.6 Å². The number of hydrogen-bond donors (Lipinski definition) is 0. The number of hydrogen-bond acceptors (Lipinski definition) is 4. The van der Waals surface area contributed by atoms with Gasteiger partial charge in [0.25, 0.3) is 0 Å². The lowest BCUT2D eigenvalue weighted by Gasteiger charge is -2.39. The lowest BCUT2D eigenvalue weighted by molar-refractivity contribution is -0.137. The molecule has 2 aromatic rings. The zero-order valence-electron chi connectivity index (χ0n) is 17.8. The van der Waals surface area contributed by atoms with Crippen molar-refractivity contribution in [2.24, 2.45) is 5.92 Å². The van der Waals surface area contributed by atoms with E-state index in [1.807, 2.05) is 23.1 Å². The molecule has 2 saturated heterocycles. The van der Waals surface area contributed by atoms with Crippen LogP contribution >= 0.6 is 23.2 Å². The van der Waals surface area contributed by atoms with Gasteiger partial charge in [-0.05, 0) is 42.7 Å². The van der Waals surface area contributed by atoms with E-state index < -0.39 is 10.0 Å². The molecule has 2 heterocycles. The summed E-state index contributed by atoms with van der Waals surface area (Å²) in [6.07, 6.45) is 1.39. The molecule has 0 spiro atoms. The largest absolute Gasteiger partial charge is 0.368 e. The average molecular weight is 496 g/mol. The molecule has 9 heteroatoms. The Balaban J connectivity index is 1.36. The molecule has 6 nitrogen and oxygen atoms in total. The fourth-order valence-electron chi connectivity index (χ4n) is 4.41. The van der Waals surface area contributed by atoms with Gasteiger partial charge in [0, 0.05) is 55.0 Å². The van der Waals surface area contributed by atoms with Crippen molar-refractivity contribution in [1.82, 2.24) is 9.21 Å². The van der Waals surface area contributed by atoms with E-state index in [1.54, 1.807) is 18.2 Å². The molecule has 1 atom stereocenters. The smallest absolute Gasteiger partial charge is 0.227 e. The number of carbonyl (C=O) groups excluding carboxylic acids is 1. The average Bonchev–Trinajstić information content (AvgIpc) is 2.81. The number of rotatable bonds is 5. The first-order chi connectivity index (χ1) is 15.3. The second kappa shape index (κ2) is 10.00. The highest BCUT2D eigenvalue weighted by molar-refractivity contribution is 7.88. The molecular weight excluding hydrogens is 469 g/mol. The number of benzene rings is 2. The minimum atomic E-state index is -3.59. The third kappa shape index (κ3) is 5.39. The van der Waals surface area contributed by atoms with Gasteiger partial charge in [-0.15, -0.1) is 0 Å². The van der Waals surface area contributed by atoms with E-state index in [9.17, 15) is 13.2 Å². The van der Waals surface area contributed by atoms with Gasteiger partial charge >= 0.3 is 0 Å². The Hall–Kier alpha value is -1.80. The Morgan fingerprint density at radius 2 is 1.69 bits per heavy atom. The predicted octanol–water partition coefficient (Wildman–Crippen LogP) is 3.88. The normalized spacial score (nSPS) is 20.4. The summed E-state index contributed by atoms with van der Waals surface area (Å²) in [6.45, 7) is 3.51. The third-order valence-electron chi connectivity index (χ3n) is 6.19. The van der Waals surface area contributed by atoms with Crippen LogP contribution in [0.4, 0.5) is 5.69 Å². The summed E-state index contributed by atoms with van der Waals surface area (Å²) in [5, 5.41) is 0.800. The van der Waals surface area contributed by atoms with E-state index in [4.69, 9.17) is 23.2 Å². The Bertz CT molecular complexity index is 1060. The van der Waals surface area contributed by atoms with Gasteiger partial charge in [0.15, 0.2) is 0 Å². The molecule has 2 aliphatic rings. The number of piperazine rings is 1. The highest BCUT2D eigenvalue weighted by Gasteiger charge is 2.35. The summed E-state index contributed by atoms with van der Waals surface area (Å²) >= 11 is 12.1. The molecule has 32 heavy (non-hydrogen) atoms. The van der Waals surface area contributed by atoms with E-state index >= 15 is 0 Å². The Morgan fingerprint density at radius 3 is 2.38 bits per heavy atom. The van der Waals surface area contributed by atoms with Crippen molar-refractivity contribution in [3.05, 3.63) is 64.1 Å². The lowest BCUT2D eigenvalue weighted by atomic mass is 9.97. The standard InChI is InChI=1S/C23H27Cl2N3O3S/c24-20-9-8-19(22(25)15-20)17-32(30,31)28-10-4-5-18(16-28)23(29)27-13-11-26(12-14-27)21-6-2-1-3-7-21/h1-3,6-9,15,18H,4-5,10-14,16-17H2. The molecule has 0 bridgehead atoms. The Kier molecular flexibility index (Phi) is 7.30. The highest BCUT2D eigenvalue weighted by Crippen LogP contribution is 2.27. The monoisotopic (exact) mass is 495 g/mol. The van der Waals surface area contributed by atoms with Crippen LogP contribution in [0.25, 0.3) is 0 Å². The molecule has 1 amide bonds. The van der Waals surface area contributed by atoms with E-state index in [0.29, 0.717) is 48.1 Å². The summed E-state index contributed by atoms with van der Waals surface area (Å²) in [6, 6.07) is 15.0. The van der Waals surface area contributed by atoms with Crippen LogP contribution in [0, 0.1) is 5.92 Å². The number of anilines is 1. The maximum Gasteiger partial charge on any atom is 0.227 e. The van der Waals surface area contributed by atoms with Crippen LogP contribution < -0.4 is 4.90 Å². The van der Waals surface area contributed by atoms with Gasteiger partial charge in [-0.1, -0.05) is 47.5 Å². The number of amides is 1. The fourth-order valence-corrected chi connectivity index (χ4v) is 6.60. The van der Waals surface area contributed by atoms with Gasteiger partial charge in [0.2, 0.25) is 15.9 Å². The van der Waals surface area contributed by atoms with Gasteiger partial charge in [-0.3, -0.25) is 4.79 Å². The molecule has 4 rings (SSSR count). The fraction of sp³-hybridized carbons (Fsp3) is 0.435. The van der Waals surface area contributed by atoms with Crippen molar-refractivity contribution < 1.29 is 13.2 Å². The Labute approximate surface area is 199 Å². The number of carbonyl (C=O) groups is 1. The molecule has 2 aromatic carbocycles.